The topological polar surface area (TPSA) is 54.9 Å². The molecular formula is C16H25N3O3. The number of carbonyl (C=O) groups is 1. The summed E-state index contributed by atoms with van der Waals surface area (Å²) in [6, 6.07) is 5.91. The Bertz CT molecular complexity index is 455. The first kappa shape index (κ1) is 16.7. The number of ether oxygens (including phenoxy) is 2. The second-order valence-electron chi connectivity index (χ2n) is 5.36. The highest BCUT2D eigenvalue weighted by Crippen LogP contribution is 2.13. The average molecular weight is 307 g/mol. The summed E-state index contributed by atoms with van der Waals surface area (Å²) < 4.78 is 10.4. The molecule has 0 bridgehead atoms. The average Bonchev–Trinajstić information content (AvgIpc) is 2.81. The lowest BCUT2D eigenvalue weighted by atomic mass is 10.3. The predicted molar refractivity (Wildman–Crippen MR) is 84.9 cm³/mol. The smallest absolute Gasteiger partial charge is 0.251 e. The quantitative estimate of drug-likeness (QED) is 0.739. The molecule has 0 radical (unpaired) electrons. The summed E-state index contributed by atoms with van der Waals surface area (Å²) in [7, 11) is 1.62. The van der Waals surface area contributed by atoms with Crippen LogP contribution < -0.4 is 4.90 Å². The molecule has 22 heavy (non-hydrogen) atoms. The summed E-state index contributed by atoms with van der Waals surface area (Å²) in [5.74, 6) is 1.03. The molecule has 1 fully saturated rings. The number of hydrogen-bond donors (Lipinski definition) is 0. The molecule has 0 spiro atoms. The summed E-state index contributed by atoms with van der Waals surface area (Å²) in [4.78, 5) is 20.9. The van der Waals surface area contributed by atoms with E-state index >= 15 is 0 Å². The molecule has 6 heteroatoms. The minimum absolute atomic E-state index is 0.0546. The highest BCUT2D eigenvalue weighted by atomic mass is 16.5. The number of methoxy groups -OCH3 is 1. The summed E-state index contributed by atoms with van der Waals surface area (Å²) in [6.07, 6.45) is 2.32. The summed E-state index contributed by atoms with van der Waals surface area (Å²) in [5.41, 5.74) is 0. The van der Waals surface area contributed by atoms with Crippen LogP contribution in [0.2, 0.25) is 0 Å². The van der Waals surface area contributed by atoms with Gasteiger partial charge in [0.15, 0.2) is 0 Å². The molecule has 1 aliphatic rings. The Hall–Kier alpha value is -1.66. The Morgan fingerprint density at radius 3 is 2.86 bits per heavy atom. The van der Waals surface area contributed by atoms with Crippen molar-refractivity contribution in [1.82, 2.24) is 9.88 Å². The molecule has 1 atom stereocenters. The summed E-state index contributed by atoms with van der Waals surface area (Å²) >= 11 is 0. The zero-order valence-electron chi connectivity index (χ0n) is 13.4. The van der Waals surface area contributed by atoms with Gasteiger partial charge >= 0.3 is 0 Å². The number of carbonyl (C=O) groups excluding carboxylic acids is 1. The Morgan fingerprint density at radius 2 is 2.14 bits per heavy atom. The van der Waals surface area contributed by atoms with Gasteiger partial charge in [0.2, 0.25) is 0 Å². The molecule has 1 aromatic rings. The fraction of sp³-hybridized carbons (Fsp3) is 0.625. The largest absolute Gasteiger partial charge is 0.382 e. The zero-order valence-corrected chi connectivity index (χ0v) is 13.4. The van der Waals surface area contributed by atoms with Crippen molar-refractivity contribution in [3.63, 3.8) is 0 Å². The van der Waals surface area contributed by atoms with Crippen molar-refractivity contribution < 1.29 is 14.3 Å². The van der Waals surface area contributed by atoms with Gasteiger partial charge in [-0.1, -0.05) is 6.07 Å². The molecule has 1 saturated heterocycles. The van der Waals surface area contributed by atoms with Crippen molar-refractivity contribution in [3.05, 3.63) is 24.4 Å². The number of rotatable bonds is 6. The van der Waals surface area contributed by atoms with E-state index in [1.54, 1.807) is 20.2 Å². The van der Waals surface area contributed by atoms with Crippen LogP contribution in [-0.2, 0) is 14.3 Å². The molecule has 1 aliphatic heterocycles. The predicted octanol–water partition coefficient (Wildman–Crippen LogP) is 1.17. The number of nitrogens with zero attached hydrogens (tertiary/aromatic N) is 3. The minimum atomic E-state index is -0.420. The molecule has 0 aliphatic carbocycles. The number of hydrogen-bond acceptors (Lipinski definition) is 5. The van der Waals surface area contributed by atoms with E-state index in [9.17, 15) is 4.79 Å². The molecule has 1 aromatic heterocycles. The van der Waals surface area contributed by atoms with Gasteiger partial charge in [-0.2, -0.15) is 0 Å². The second kappa shape index (κ2) is 8.70. The van der Waals surface area contributed by atoms with Gasteiger partial charge in [0.25, 0.3) is 5.91 Å². The van der Waals surface area contributed by atoms with Crippen LogP contribution in [0.1, 0.15) is 13.3 Å². The van der Waals surface area contributed by atoms with Crippen LogP contribution in [0.15, 0.2) is 24.4 Å². The van der Waals surface area contributed by atoms with Crippen LogP contribution in [0.4, 0.5) is 5.82 Å². The maximum atomic E-state index is 12.4. The fourth-order valence-corrected chi connectivity index (χ4v) is 2.54. The molecule has 0 N–H and O–H groups in total. The third-order valence-electron chi connectivity index (χ3n) is 3.78. The SMILES string of the molecule is COCCOC(C)C(=O)N1CCCN(c2ccccn2)CC1. The number of pyridine rings is 1. The second-order valence-corrected chi connectivity index (χ2v) is 5.36. The molecule has 122 valence electrons. The zero-order chi connectivity index (χ0) is 15.8. The van der Waals surface area contributed by atoms with E-state index in [0.29, 0.717) is 19.8 Å². The lowest BCUT2D eigenvalue weighted by Gasteiger charge is -2.25. The van der Waals surface area contributed by atoms with Crippen LogP contribution in [0.5, 0.6) is 0 Å². The van der Waals surface area contributed by atoms with E-state index in [2.05, 4.69) is 9.88 Å². The molecular weight excluding hydrogens is 282 g/mol. The van der Waals surface area contributed by atoms with Gasteiger partial charge in [-0.3, -0.25) is 4.79 Å². The Balaban J connectivity index is 1.85. The van der Waals surface area contributed by atoms with Gasteiger partial charge in [0.05, 0.1) is 13.2 Å². The fourth-order valence-electron chi connectivity index (χ4n) is 2.54. The molecule has 0 saturated carbocycles. The third-order valence-corrected chi connectivity index (χ3v) is 3.78. The lowest BCUT2D eigenvalue weighted by molar-refractivity contribution is -0.143. The Labute approximate surface area is 132 Å². The van der Waals surface area contributed by atoms with Crippen LogP contribution in [0.3, 0.4) is 0 Å². The van der Waals surface area contributed by atoms with Crippen molar-refractivity contribution in [3.8, 4) is 0 Å². The van der Waals surface area contributed by atoms with Crippen molar-refractivity contribution in [2.75, 3.05) is 51.4 Å². The number of aromatic nitrogens is 1. The maximum Gasteiger partial charge on any atom is 0.251 e. The van der Waals surface area contributed by atoms with Crippen molar-refractivity contribution in [2.24, 2.45) is 0 Å². The van der Waals surface area contributed by atoms with Gasteiger partial charge in [-0.25, -0.2) is 4.98 Å². The summed E-state index contributed by atoms with van der Waals surface area (Å²) in [6.45, 7) is 5.93. The normalized spacial score (nSPS) is 17.2. The highest BCUT2D eigenvalue weighted by molar-refractivity contribution is 5.80. The molecule has 6 nitrogen and oxygen atoms in total. The van der Waals surface area contributed by atoms with Crippen LogP contribution in [-0.4, -0.2) is 68.4 Å². The summed E-state index contributed by atoms with van der Waals surface area (Å²) in [5, 5.41) is 0. The van der Waals surface area contributed by atoms with E-state index in [1.807, 2.05) is 23.1 Å². The third kappa shape index (κ3) is 4.68. The Kier molecular flexibility index (Phi) is 6.61. The molecule has 1 amide bonds. The first-order valence-corrected chi connectivity index (χ1v) is 7.77. The van der Waals surface area contributed by atoms with E-state index in [1.165, 1.54) is 0 Å². The van der Waals surface area contributed by atoms with Crippen LogP contribution >= 0.6 is 0 Å². The standard InChI is InChI=1S/C16H25N3O3/c1-14(22-13-12-21-2)16(20)19-9-5-8-18(10-11-19)15-6-3-4-7-17-15/h3-4,6-7,14H,5,8-13H2,1-2H3. The van der Waals surface area contributed by atoms with Crippen molar-refractivity contribution in [1.29, 1.82) is 0 Å². The first-order chi connectivity index (χ1) is 10.7. The molecule has 1 unspecified atom stereocenters. The van der Waals surface area contributed by atoms with Crippen LogP contribution in [0.25, 0.3) is 0 Å². The van der Waals surface area contributed by atoms with Gasteiger partial charge in [0, 0.05) is 39.5 Å². The molecule has 2 heterocycles. The van der Waals surface area contributed by atoms with Gasteiger partial charge < -0.3 is 19.3 Å². The van der Waals surface area contributed by atoms with Crippen LogP contribution in [0, 0.1) is 0 Å². The van der Waals surface area contributed by atoms with Gasteiger partial charge in [-0.05, 0) is 25.5 Å². The number of anilines is 1. The molecule has 0 aromatic carbocycles. The van der Waals surface area contributed by atoms with E-state index < -0.39 is 6.10 Å². The minimum Gasteiger partial charge on any atom is -0.382 e. The monoisotopic (exact) mass is 307 g/mol. The van der Waals surface area contributed by atoms with E-state index in [0.717, 1.165) is 31.9 Å². The van der Waals surface area contributed by atoms with Crippen molar-refractivity contribution >= 4 is 11.7 Å². The lowest BCUT2D eigenvalue weighted by Crippen LogP contribution is -2.41. The number of amides is 1. The Morgan fingerprint density at radius 1 is 1.27 bits per heavy atom. The van der Waals surface area contributed by atoms with Gasteiger partial charge in [-0.15, -0.1) is 0 Å². The van der Waals surface area contributed by atoms with E-state index in [-0.39, 0.29) is 5.91 Å². The van der Waals surface area contributed by atoms with Gasteiger partial charge in [0.1, 0.15) is 11.9 Å². The van der Waals surface area contributed by atoms with E-state index in [4.69, 9.17) is 9.47 Å². The highest BCUT2D eigenvalue weighted by Gasteiger charge is 2.24. The maximum absolute atomic E-state index is 12.4. The molecule has 2 rings (SSSR count). The van der Waals surface area contributed by atoms with Crippen molar-refractivity contribution in [2.45, 2.75) is 19.4 Å². The first-order valence-electron chi connectivity index (χ1n) is 7.77.